The number of aromatic nitrogens is 2. The van der Waals surface area contributed by atoms with Crippen LogP contribution in [-0.2, 0) is 24.2 Å². The summed E-state index contributed by atoms with van der Waals surface area (Å²) in [5.74, 6) is 3.94. The lowest BCUT2D eigenvalue weighted by Gasteiger charge is -2.34. The lowest BCUT2D eigenvalue weighted by Crippen LogP contribution is -2.39. The van der Waals surface area contributed by atoms with Crippen LogP contribution in [0.1, 0.15) is 49.3 Å². The third-order valence-electron chi connectivity index (χ3n) is 5.90. The summed E-state index contributed by atoms with van der Waals surface area (Å²) < 4.78 is 16.7. The summed E-state index contributed by atoms with van der Waals surface area (Å²) in [5, 5.41) is 0. The fourth-order valence-corrected chi connectivity index (χ4v) is 4.26. The van der Waals surface area contributed by atoms with Crippen LogP contribution in [0.4, 0.5) is 5.82 Å². The Kier molecular flexibility index (Phi) is 6.92. The van der Waals surface area contributed by atoms with Gasteiger partial charge in [-0.2, -0.15) is 0 Å². The first-order valence-electron chi connectivity index (χ1n) is 11.3. The van der Waals surface area contributed by atoms with Gasteiger partial charge in [0.2, 0.25) is 0 Å². The Morgan fingerprint density at radius 1 is 1.10 bits per heavy atom. The molecule has 7 heteroatoms. The molecule has 0 bridgehead atoms. The standard InChI is InChI=1S/C24H34N4O3/c1-5-31-21-7-6-18(14-22(21)29-4)15-27-9-8-19-20(16-27)25-23(17(2)3)26-24(19)28-10-12-30-13-11-28/h6-7,14,17H,5,8-13,15-16H2,1-4H3. The number of rotatable bonds is 7. The van der Waals surface area contributed by atoms with Gasteiger partial charge in [0.15, 0.2) is 11.5 Å². The van der Waals surface area contributed by atoms with Crippen LogP contribution in [0.25, 0.3) is 0 Å². The Morgan fingerprint density at radius 3 is 2.61 bits per heavy atom. The molecular weight excluding hydrogens is 392 g/mol. The van der Waals surface area contributed by atoms with Crippen LogP contribution in [-0.4, -0.2) is 61.4 Å². The number of hydrogen-bond donors (Lipinski definition) is 0. The van der Waals surface area contributed by atoms with E-state index in [1.165, 1.54) is 16.8 Å². The first kappa shape index (κ1) is 21.8. The minimum atomic E-state index is 0.302. The molecule has 31 heavy (non-hydrogen) atoms. The van der Waals surface area contributed by atoms with Gasteiger partial charge in [-0.15, -0.1) is 0 Å². The van der Waals surface area contributed by atoms with Gasteiger partial charge in [0.05, 0.1) is 32.6 Å². The van der Waals surface area contributed by atoms with E-state index >= 15 is 0 Å². The average Bonchev–Trinajstić information content (AvgIpc) is 2.79. The number of anilines is 1. The molecule has 1 saturated heterocycles. The quantitative estimate of drug-likeness (QED) is 0.672. The molecule has 168 valence electrons. The topological polar surface area (TPSA) is 60.0 Å². The first-order chi connectivity index (χ1) is 15.1. The number of fused-ring (bicyclic) bond motifs is 1. The third kappa shape index (κ3) is 4.93. The molecule has 0 aliphatic carbocycles. The maximum absolute atomic E-state index is 5.66. The molecule has 1 aromatic carbocycles. The molecule has 0 spiro atoms. The summed E-state index contributed by atoms with van der Waals surface area (Å²) in [5.41, 5.74) is 3.70. The lowest BCUT2D eigenvalue weighted by molar-refractivity contribution is 0.122. The largest absolute Gasteiger partial charge is 0.493 e. The van der Waals surface area contributed by atoms with Gasteiger partial charge in [-0.1, -0.05) is 19.9 Å². The number of nitrogens with zero attached hydrogens (tertiary/aromatic N) is 4. The van der Waals surface area contributed by atoms with E-state index in [1.807, 2.05) is 13.0 Å². The highest BCUT2D eigenvalue weighted by molar-refractivity contribution is 5.51. The molecule has 0 radical (unpaired) electrons. The zero-order chi connectivity index (χ0) is 21.8. The summed E-state index contributed by atoms with van der Waals surface area (Å²) in [6.07, 6.45) is 0.967. The van der Waals surface area contributed by atoms with Crippen LogP contribution in [0.5, 0.6) is 11.5 Å². The summed E-state index contributed by atoms with van der Waals surface area (Å²) in [6.45, 7) is 13.0. The molecule has 0 saturated carbocycles. The second-order valence-corrected chi connectivity index (χ2v) is 8.46. The molecule has 1 aromatic heterocycles. The van der Waals surface area contributed by atoms with Crippen molar-refractivity contribution in [1.82, 2.24) is 14.9 Å². The summed E-state index contributed by atoms with van der Waals surface area (Å²) in [4.78, 5) is 14.8. The Bertz CT molecular complexity index is 897. The van der Waals surface area contributed by atoms with Crippen LogP contribution in [0.2, 0.25) is 0 Å². The third-order valence-corrected chi connectivity index (χ3v) is 5.90. The van der Waals surface area contributed by atoms with Gasteiger partial charge in [0.25, 0.3) is 0 Å². The monoisotopic (exact) mass is 426 g/mol. The van der Waals surface area contributed by atoms with E-state index in [0.29, 0.717) is 12.5 Å². The minimum absolute atomic E-state index is 0.302. The second-order valence-electron chi connectivity index (χ2n) is 8.46. The molecule has 4 rings (SSSR count). The van der Waals surface area contributed by atoms with E-state index in [2.05, 4.69) is 35.8 Å². The molecule has 2 aromatic rings. The Morgan fingerprint density at radius 2 is 1.90 bits per heavy atom. The highest BCUT2D eigenvalue weighted by Gasteiger charge is 2.26. The van der Waals surface area contributed by atoms with Crippen LogP contribution in [0.15, 0.2) is 18.2 Å². The van der Waals surface area contributed by atoms with Crippen molar-refractivity contribution in [3.63, 3.8) is 0 Å². The van der Waals surface area contributed by atoms with Crippen molar-refractivity contribution in [2.45, 2.75) is 46.2 Å². The summed E-state index contributed by atoms with van der Waals surface area (Å²) >= 11 is 0. The van der Waals surface area contributed by atoms with E-state index in [0.717, 1.165) is 75.5 Å². The summed E-state index contributed by atoms with van der Waals surface area (Å²) in [7, 11) is 1.69. The fourth-order valence-electron chi connectivity index (χ4n) is 4.26. The van der Waals surface area contributed by atoms with Crippen molar-refractivity contribution in [2.75, 3.05) is 51.5 Å². The molecule has 0 N–H and O–H groups in total. The van der Waals surface area contributed by atoms with Gasteiger partial charge in [0, 0.05) is 44.2 Å². The Balaban J connectivity index is 1.56. The fraction of sp³-hybridized carbons (Fsp3) is 0.583. The van der Waals surface area contributed by atoms with E-state index in [-0.39, 0.29) is 0 Å². The number of benzene rings is 1. The second kappa shape index (κ2) is 9.83. The number of ether oxygens (including phenoxy) is 3. The first-order valence-corrected chi connectivity index (χ1v) is 11.3. The van der Waals surface area contributed by atoms with Gasteiger partial charge in [-0.25, -0.2) is 9.97 Å². The van der Waals surface area contributed by atoms with Gasteiger partial charge in [-0.3, -0.25) is 4.90 Å². The number of hydrogen-bond acceptors (Lipinski definition) is 7. The minimum Gasteiger partial charge on any atom is -0.493 e. The van der Waals surface area contributed by atoms with Gasteiger partial charge >= 0.3 is 0 Å². The van der Waals surface area contributed by atoms with Gasteiger partial charge in [0.1, 0.15) is 11.6 Å². The predicted molar refractivity (Wildman–Crippen MR) is 121 cm³/mol. The van der Waals surface area contributed by atoms with E-state index in [4.69, 9.17) is 24.2 Å². The van der Waals surface area contributed by atoms with Crippen molar-refractivity contribution in [1.29, 1.82) is 0 Å². The molecule has 1 fully saturated rings. The Labute approximate surface area is 185 Å². The smallest absolute Gasteiger partial charge is 0.161 e. The maximum Gasteiger partial charge on any atom is 0.161 e. The zero-order valence-corrected chi connectivity index (χ0v) is 19.2. The lowest BCUT2D eigenvalue weighted by atomic mass is 10.0. The average molecular weight is 427 g/mol. The van der Waals surface area contributed by atoms with Gasteiger partial charge < -0.3 is 19.1 Å². The molecular formula is C24H34N4O3. The van der Waals surface area contributed by atoms with E-state index in [1.54, 1.807) is 7.11 Å². The van der Waals surface area contributed by atoms with E-state index < -0.39 is 0 Å². The van der Waals surface area contributed by atoms with Crippen molar-refractivity contribution >= 4 is 5.82 Å². The molecule has 0 amide bonds. The highest BCUT2D eigenvalue weighted by Crippen LogP contribution is 2.31. The van der Waals surface area contributed by atoms with E-state index in [9.17, 15) is 0 Å². The molecule has 2 aliphatic rings. The van der Waals surface area contributed by atoms with Crippen molar-refractivity contribution in [3.8, 4) is 11.5 Å². The van der Waals surface area contributed by atoms with Crippen molar-refractivity contribution in [2.24, 2.45) is 0 Å². The Hall–Kier alpha value is -2.38. The molecule has 2 aliphatic heterocycles. The van der Waals surface area contributed by atoms with Crippen LogP contribution in [0, 0.1) is 0 Å². The normalized spacial score (nSPS) is 17.0. The zero-order valence-electron chi connectivity index (χ0n) is 19.2. The number of morpholine rings is 1. The van der Waals surface area contributed by atoms with Crippen molar-refractivity contribution in [3.05, 3.63) is 40.8 Å². The summed E-state index contributed by atoms with van der Waals surface area (Å²) in [6, 6.07) is 6.21. The van der Waals surface area contributed by atoms with Gasteiger partial charge in [-0.05, 0) is 31.0 Å². The number of methoxy groups -OCH3 is 1. The molecule has 3 heterocycles. The predicted octanol–water partition coefficient (Wildman–Crippen LogP) is 3.40. The molecule has 0 atom stereocenters. The SMILES string of the molecule is CCOc1ccc(CN2CCc3c(nc(C(C)C)nc3N3CCOCC3)C2)cc1OC. The maximum atomic E-state index is 5.66. The van der Waals surface area contributed by atoms with Crippen LogP contribution in [0.3, 0.4) is 0 Å². The van der Waals surface area contributed by atoms with Crippen LogP contribution < -0.4 is 14.4 Å². The molecule has 0 unspecified atom stereocenters. The van der Waals surface area contributed by atoms with Crippen LogP contribution >= 0.6 is 0 Å². The highest BCUT2D eigenvalue weighted by atomic mass is 16.5. The molecule has 7 nitrogen and oxygen atoms in total. The van der Waals surface area contributed by atoms with Crippen molar-refractivity contribution < 1.29 is 14.2 Å².